The van der Waals surface area contributed by atoms with Gasteiger partial charge in [0, 0.05) is 26.2 Å². The first-order chi connectivity index (χ1) is 9.29. The van der Waals surface area contributed by atoms with E-state index in [1.54, 1.807) is 7.11 Å². The molecular formula is C16H32N2O. The van der Waals surface area contributed by atoms with E-state index in [0.717, 1.165) is 31.0 Å². The Morgan fingerprint density at radius 1 is 1.16 bits per heavy atom. The van der Waals surface area contributed by atoms with Crippen molar-refractivity contribution in [2.75, 3.05) is 39.9 Å². The average molecular weight is 268 g/mol. The third-order valence-corrected chi connectivity index (χ3v) is 4.97. The summed E-state index contributed by atoms with van der Waals surface area (Å²) in [4.78, 5) is 2.79. The first kappa shape index (κ1) is 15.3. The Morgan fingerprint density at radius 2 is 1.95 bits per heavy atom. The molecule has 0 bridgehead atoms. The van der Waals surface area contributed by atoms with Gasteiger partial charge in [0.15, 0.2) is 0 Å². The minimum Gasteiger partial charge on any atom is -0.383 e. The fourth-order valence-corrected chi connectivity index (χ4v) is 3.68. The lowest BCUT2D eigenvalue weighted by atomic mass is 9.85. The molecule has 2 fully saturated rings. The van der Waals surface area contributed by atoms with E-state index in [4.69, 9.17) is 4.74 Å². The molecule has 1 N–H and O–H groups in total. The van der Waals surface area contributed by atoms with E-state index >= 15 is 0 Å². The van der Waals surface area contributed by atoms with Crippen LogP contribution in [0, 0.1) is 11.8 Å². The van der Waals surface area contributed by atoms with Crippen LogP contribution in [0.1, 0.15) is 45.4 Å². The predicted molar refractivity (Wildman–Crippen MR) is 80.5 cm³/mol. The van der Waals surface area contributed by atoms with E-state index in [0.29, 0.717) is 0 Å². The van der Waals surface area contributed by atoms with Gasteiger partial charge in [0.05, 0.1) is 6.61 Å². The lowest BCUT2D eigenvalue weighted by Crippen LogP contribution is -2.46. The molecule has 0 aromatic carbocycles. The molecule has 1 aliphatic carbocycles. The van der Waals surface area contributed by atoms with Crippen LogP contribution in [0.4, 0.5) is 0 Å². The van der Waals surface area contributed by atoms with Gasteiger partial charge in [-0.3, -0.25) is 0 Å². The normalized spacial score (nSPS) is 33.5. The number of ether oxygens (including phenoxy) is 1. The Balaban J connectivity index is 1.68. The highest BCUT2D eigenvalue weighted by molar-refractivity contribution is 4.83. The zero-order chi connectivity index (χ0) is 13.5. The molecule has 1 heterocycles. The molecule has 0 spiro atoms. The molecule has 112 valence electrons. The van der Waals surface area contributed by atoms with Gasteiger partial charge < -0.3 is 15.0 Å². The molecular weight excluding hydrogens is 236 g/mol. The van der Waals surface area contributed by atoms with Gasteiger partial charge in [0.2, 0.25) is 0 Å². The monoisotopic (exact) mass is 268 g/mol. The van der Waals surface area contributed by atoms with Crippen LogP contribution in [0.25, 0.3) is 0 Å². The summed E-state index contributed by atoms with van der Waals surface area (Å²) in [6.07, 6.45) is 8.55. The predicted octanol–water partition coefficient (Wildman–Crippen LogP) is 2.51. The summed E-state index contributed by atoms with van der Waals surface area (Å²) in [5.74, 6) is 1.82. The van der Waals surface area contributed by atoms with Crippen molar-refractivity contribution in [1.29, 1.82) is 0 Å². The molecule has 1 atom stereocenters. The SMILES string of the molecule is COCCNCC1CCCN(C2CCC(C)CC2)C1. The topological polar surface area (TPSA) is 24.5 Å². The molecule has 0 aromatic heterocycles. The molecule has 1 unspecified atom stereocenters. The highest BCUT2D eigenvalue weighted by Crippen LogP contribution is 2.29. The van der Waals surface area contributed by atoms with E-state index in [2.05, 4.69) is 17.1 Å². The van der Waals surface area contributed by atoms with E-state index in [1.807, 2.05) is 0 Å². The van der Waals surface area contributed by atoms with Crippen molar-refractivity contribution in [2.45, 2.75) is 51.5 Å². The lowest BCUT2D eigenvalue weighted by molar-refractivity contribution is 0.0879. The van der Waals surface area contributed by atoms with Crippen LogP contribution in [0.3, 0.4) is 0 Å². The summed E-state index contributed by atoms with van der Waals surface area (Å²) in [5.41, 5.74) is 0. The summed E-state index contributed by atoms with van der Waals surface area (Å²) >= 11 is 0. The third kappa shape index (κ3) is 5.05. The Bertz CT molecular complexity index is 239. The molecule has 0 amide bonds. The van der Waals surface area contributed by atoms with Crippen molar-refractivity contribution in [1.82, 2.24) is 10.2 Å². The summed E-state index contributed by atoms with van der Waals surface area (Å²) in [6.45, 7) is 8.06. The van der Waals surface area contributed by atoms with Crippen LogP contribution in [0.15, 0.2) is 0 Å². The van der Waals surface area contributed by atoms with Crippen LogP contribution >= 0.6 is 0 Å². The molecule has 2 rings (SSSR count). The van der Waals surface area contributed by atoms with Crippen molar-refractivity contribution >= 4 is 0 Å². The fourth-order valence-electron chi connectivity index (χ4n) is 3.68. The van der Waals surface area contributed by atoms with Crippen LogP contribution in [-0.4, -0.2) is 50.8 Å². The molecule has 1 saturated carbocycles. The highest BCUT2D eigenvalue weighted by atomic mass is 16.5. The number of nitrogens with one attached hydrogen (secondary N) is 1. The maximum atomic E-state index is 5.08. The third-order valence-electron chi connectivity index (χ3n) is 4.97. The number of likely N-dealkylation sites (tertiary alicyclic amines) is 1. The number of rotatable bonds is 6. The summed E-state index contributed by atoms with van der Waals surface area (Å²) < 4.78 is 5.08. The quantitative estimate of drug-likeness (QED) is 0.749. The Kier molecular flexibility index (Phi) is 6.62. The molecule has 0 radical (unpaired) electrons. The standard InChI is InChI=1S/C16H32N2O/c1-14-5-7-16(8-6-14)18-10-3-4-15(13-18)12-17-9-11-19-2/h14-17H,3-13H2,1-2H3. The highest BCUT2D eigenvalue weighted by Gasteiger charge is 2.28. The molecule has 0 aromatic rings. The first-order valence-electron chi connectivity index (χ1n) is 8.23. The number of methoxy groups -OCH3 is 1. The van der Waals surface area contributed by atoms with Crippen LogP contribution < -0.4 is 5.32 Å². The average Bonchev–Trinajstić information content (AvgIpc) is 2.45. The van der Waals surface area contributed by atoms with Crippen molar-refractivity contribution in [2.24, 2.45) is 11.8 Å². The van der Waals surface area contributed by atoms with Gasteiger partial charge >= 0.3 is 0 Å². The first-order valence-corrected chi connectivity index (χ1v) is 8.23. The van der Waals surface area contributed by atoms with Crippen molar-refractivity contribution < 1.29 is 4.74 Å². The Morgan fingerprint density at radius 3 is 2.68 bits per heavy atom. The minimum atomic E-state index is 0.830. The van der Waals surface area contributed by atoms with Gasteiger partial charge in [-0.2, -0.15) is 0 Å². The van der Waals surface area contributed by atoms with Gasteiger partial charge in [-0.05, 0) is 63.5 Å². The summed E-state index contributed by atoms with van der Waals surface area (Å²) in [7, 11) is 1.77. The van der Waals surface area contributed by atoms with E-state index in [-0.39, 0.29) is 0 Å². The van der Waals surface area contributed by atoms with E-state index in [1.165, 1.54) is 58.2 Å². The summed E-state index contributed by atoms with van der Waals surface area (Å²) in [5, 5.41) is 3.53. The van der Waals surface area contributed by atoms with Crippen molar-refractivity contribution in [3.8, 4) is 0 Å². The molecule has 2 aliphatic rings. The Labute approximate surface area is 119 Å². The van der Waals surface area contributed by atoms with Crippen molar-refractivity contribution in [3.63, 3.8) is 0 Å². The summed E-state index contributed by atoms with van der Waals surface area (Å²) in [6, 6.07) is 0.887. The second-order valence-corrected chi connectivity index (χ2v) is 6.61. The second kappa shape index (κ2) is 8.23. The van der Waals surface area contributed by atoms with Crippen molar-refractivity contribution in [3.05, 3.63) is 0 Å². The lowest BCUT2D eigenvalue weighted by Gasteiger charge is -2.41. The van der Waals surface area contributed by atoms with Gasteiger partial charge in [-0.15, -0.1) is 0 Å². The number of hydrogen-bond acceptors (Lipinski definition) is 3. The number of nitrogens with zero attached hydrogens (tertiary/aromatic N) is 1. The Hall–Kier alpha value is -0.120. The zero-order valence-electron chi connectivity index (χ0n) is 12.9. The minimum absolute atomic E-state index is 0.830. The van der Waals surface area contributed by atoms with Crippen LogP contribution in [0.5, 0.6) is 0 Å². The van der Waals surface area contributed by atoms with Gasteiger partial charge in [-0.25, -0.2) is 0 Å². The fraction of sp³-hybridized carbons (Fsp3) is 1.00. The van der Waals surface area contributed by atoms with Gasteiger partial charge in [0.25, 0.3) is 0 Å². The molecule has 1 saturated heterocycles. The number of hydrogen-bond donors (Lipinski definition) is 1. The molecule has 1 aliphatic heterocycles. The maximum Gasteiger partial charge on any atom is 0.0587 e. The van der Waals surface area contributed by atoms with Gasteiger partial charge in [-0.1, -0.05) is 6.92 Å². The smallest absolute Gasteiger partial charge is 0.0587 e. The largest absolute Gasteiger partial charge is 0.383 e. The maximum absolute atomic E-state index is 5.08. The van der Waals surface area contributed by atoms with Crippen LogP contribution in [0.2, 0.25) is 0 Å². The number of piperidine rings is 1. The van der Waals surface area contributed by atoms with E-state index < -0.39 is 0 Å². The van der Waals surface area contributed by atoms with E-state index in [9.17, 15) is 0 Å². The molecule has 3 heteroatoms. The second-order valence-electron chi connectivity index (χ2n) is 6.61. The molecule has 3 nitrogen and oxygen atoms in total. The van der Waals surface area contributed by atoms with Crippen LogP contribution in [-0.2, 0) is 4.74 Å². The molecule has 19 heavy (non-hydrogen) atoms. The van der Waals surface area contributed by atoms with Gasteiger partial charge in [0.1, 0.15) is 0 Å². The zero-order valence-corrected chi connectivity index (χ0v) is 12.9.